The van der Waals surface area contributed by atoms with Gasteiger partial charge in [-0.1, -0.05) is 55.5 Å². The molecule has 1 N–H and O–H groups in total. The number of rotatable bonds is 5. The van der Waals surface area contributed by atoms with Crippen molar-refractivity contribution in [2.24, 2.45) is 0 Å². The monoisotopic (exact) mass is 297 g/mol. The van der Waals surface area contributed by atoms with Gasteiger partial charge in [0.15, 0.2) is 0 Å². The van der Waals surface area contributed by atoms with Crippen LogP contribution in [0.2, 0.25) is 0 Å². The van der Waals surface area contributed by atoms with E-state index in [0.29, 0.717) is 12.1 Å². The fraction of sp³-hybridized carbons (Fsp3) is 0.368. The highest BCUT2D eigenvalue weighted by Crippen LogP contribution is 2.35. The highest BCUT2D eigenvalue weighted by molar-refractivity contribution is 7.98. The third-order valence-electron chi connectivity index (χ3n) is 4.38. The Morgan fingerprint density at radius 1 is 1.05 bits per heavy atom. The van der Waals surface area contributed by atoms with Crippen LogP contribution in [0.25, 0.3) is 0 Å². The van der Waals surface area contributed by atoms with E-state index in [9.17, 15) is 0 Å². The fourth-order valence-electron chi connectivity index (χ4n) is 3.23. The maximum Gasteiger partial charge on any atom is 0.0584 e. The second-order valence-electron chi connectivity index (χ2n) is 5.73. The molecule has 0 saturated heterocycles. The van der Waals surface area contributed by atoms with Crippen molar-refractivity contribution in [3.63, 3.8) is 0 Å². The van der Waals surface area contributed by atoms with Crippen molar-refractivity contribution >= 4 is 11.8 Å². The third-order valence-corrected chi connectivity index (χ3v) is 5.11. The highest BCUT2D eigenvalue weighted by Gasteiger charge is 2.26. The lowest BCUT2D eigenvalue weighted by atomic mass is 9.82. The lowest BCUT2D eigenvalue weighted by Gasteiger charge is -2.32. The van der Waals surface area contributed by atoms with Gasteiger partial charge in [0.05, 0.1) is 6.04 Å². The number of hydrogen-bond donors (Lipinski definition) is 1. The van der Waals surface area contributed by atoms with E-state index in [1.165, 1.54) is 28.7 Å². The summed E-state index contributed by atoms with van der Waals surface area (Å²) in [5, 5.41) is 3.90. The molecular weight excluding hydrogens is 274 g/mol. The number of hydrogen-bond acceptors (Lipinski definition) is 2. The lowest BCUT2D eigenvalue weighted by molar-refractivity contribution is 0.486. The Labute approximate surface area is 132 Å². The van der Waals surface area contributed by atoms with Crippen LogP contribution >= 0.6 is 11.8 Å². The maximum atomic E-state index is 3.90. The smallest absolute Gasteiger partial charge is 0.0584 e. The molecule has 3 rings (SSSR count). The first-order chi connectivity index (χ1) is 10.3. The molecule has 0 radical (unpaired) electrons. The van der Waals surface area contributed by atoms with Crippen LogP contribution in [0.4, 0.5) is 0 Å². The molecule has 110 valence electrons. The summed E-state index contributed by atoms with van der Waals surface area (Å²) in [6.45, 7) is 2.27. The first-order valence-corrected chi connectivity index (χ1v) is 9.13. The van der Waals surface area contributed by atoms with Crippen LogP contribution in [0.5, 0.6) is 0 Å². The third kappa shape index (κ3) is 3.02. The molecule has 2 heteroatoms. The first kappa shape index (κ1) is 14.7. The molecule has 2 aromatic rings. The molecule has 0 amide bonds. The van der Waals surface area contributed by atoms with Gasteiger partial charge < -0.3 is 5.32 Å². The van der Waals surface area contributed by atoms with Crippen molar-refractivity contribution in [3.05, 3.63) is 70.8 Å². The number of thioether (sulfide) groups is 1. The molecular formula is C19H23NS. The van der Waals surface area contributed by atoms with E-state index in [2.05, 4.69) is 67.0 Å². The summed E-state index contributed by atoms with van der Waals surface area (Å²) in [6.07, 6.45) is 4.42. The summed E-state index contributed by atoms with van der Waals surface area (Å²) in [7, 11) is 0. The van der Waals surface area contributed by atoms with Gasteiger partial charge in [0.1, 0.15) is 0 Å². The van der Waals surface area contributed by atoms with Crippen LogP contribution in [0, 0.1) is 0 Å². The molecule has 0 spiro atoms. The van der Waals surface area contributed by atoms with Crippen LogP contribution < -0.4 is 5.32 Å². The summed E-state index contributed by atoms with van der Waals surface area (Å²) < 4.78 is 0. The molecule has 1 nitrogen and oxygen atoms in total. The molecule has 0 aliphatic heterocycles. The quantitative estimate of drug-likeness (QED) is 0.877. The summed E-state index contributed by atoms with van der Waals surface area (Å²) in [6, 6.07) is 18.7. The van der Waals surface area contributed by atoms with Crippen molar-refractivity contribution in [1.29, 1.82) is 0 Å². The summed E-state index contributed by atoms with van der Waals surface area (Å²) >= 11 is 1.92. The van der Waals surface area contributed by atoms with Gasteiger partial charge >= 0.3 is 0 Å². The Kier molecular flexibility index (Phi) is 4.67. The van der Waals surface area contributed by atoms with Crippen molar-refractivity contribution in [2.45, 2.75) is 31.8 Å². The first-order valence-electron chi connectivity index (χ1n) is 7.74. The summed E-state index contributed by atoms with van der Waals surface area (Å²) in [5.41, 5.74) is 5.84. The topological polar surface area (TPSA) is 12.0 Å². The van der Waals surface area contributed by atoms with Crippen LogP contribution in [0.3, 0.4) is 0 Å². The van der Waals surface area contributed by atoms with E-state index < -0.39 is 0 Å². The molecule has 0 bridgehead atoms. The van der Waals surface area contributed by atoms with Crippen LogP contribution in [-0.4, -0.2) is 18.1 Å². The second-order valence-corrected chi connectivity index (χ2v) is 6.65. The summed E-state index contributed by atoms with van der Waals surface area (Å²) in [4.78, 5) is 0. The number of benzene rings is 2. The van der Waals surface area contributed by atoms with Crippen molar-refractivity contribution in [1.82, 2.24) is 5.32 Å². The maximum absolute atomic E-state index is 3.90. The molecule has 2 aromatic carbocycles. The lowest BCUT2D eigenvalue weighted by Crippen LogP contribution is -2.37. The van der Waals surface area contributed by atoms with Gasteiger partial charge in [0.25, 0.3) is 0 Å². The van der Waals surface area contributed by atoms with E-state index >= 15 is 0 Å². The van der Waals surface area contributed by atoms with E-state index in [1.807, 2.05) is 11.8 Å². The average molecular weight is 297 g/mol. The SMILES string of the molecule is CCC(CSC)NC1c2ccccc2Cc2ccccc21. The Bertz CT molecular complexity index is 563. The van der Waals surface area contributed by atoms with Gasteiger partial charge in [-0.3, -0.25) is 0 Å². The van der Waals surface area contributed by atoms with E-state index in [4.69, 9.17) is 0 Å². The number of fused-ring (bicyclic) bond motifs is 2. The summed E-state index contributed by atoms with van der Waals surface area (Å²) in [5.74, 6) is 1.16. The zero-order chi connectivity index (χ0) is 14.7. The molecule has 21 heavy (non-hydrogen) atoms. The van der Waals surface area contributed by atoms with Crippen molar-refractivity contribution in [3.8, 4) is 0 Å². The molecule has 1 atom stereocenters. The Morgan fingerprint density at radius 3 is 2.14 bits per heavy atom. The Balaban J connectivity index is 1.98. The standard InChI is InChI=1S/C19H23NS/c1-3-16(13-21-2)20-19-17-10-6-4-8-14(17)12-15-9-5-7-11-18(15)19/h4-11,16,19-20H,3,12-13H2,1-2H3. The minimum absolute atomic E-state index is 0.336. The van der Waals surface area contributed by atoms with Gasteiger partial charge in [0, 0.05) is 11.8 Å². The molecule has 1 unspecified atom stereocenters. The predicted molar refractivity (Wildman–Crippen MR) is 93.1 cm³/mol. The van der Waals surface area contributed by atoms with Gasteiger partial charge in [-0.25, -0.2) is 0 Å². The Hall–Kier alpha value is -1.25. The van der Waals surface area contributed by atoms with Crippen molar-refractivity contribution < 1.29 is 0 Å². The van der Waals surface area contributed by atoms with E-state index in [-0.39, 0.29) is 0 Å². The van der Waals surface area contributed by atoms with Crippen molar-refractivity contribution in [2.75, 3.05) is 12.0 Å². The van der Waals surface area contributed by atoms with Gasteiger partial charge in [-0.05, 0) is 41.4 Å². The zero-order valence-corrected chi connectivity index (χ0v) is 13.6. The largest absolute Gasteiger partial charge is 0.303 e. The van der Waals surface area contributed by atoms with Gasteiger partial charge in [-0.15, -0.1) is 0 Å². The molecule has 0 saturated carbocycles. The van der Waals surface area contributed by atoms with Crippen LogP contribution in [-0.2, 0) is 6.42 Å². The van der Waals surface area contributed by atoms with Gasteiger partial charge in [-0.2, -0.15) is 11.8 Å². The minimum Gasteiger partial charge on any atom is -0.303 e. The molecule has 1 aliphatic carbocycles. The van der Waals surface area contributed by atoms with E-state index in [0.717, 1.165) is 12.2 Å². The van der Waals surface area contributed by atoms with Crippen LogP contribution in [0.1, 0.15) is 41.6 Å². The molecule has 0 heterocycles. The molecule has 0 fully saturated rings. The second kappa shape index (κ2) is 6.67. The average Bonchev–Trinajstić information content (AvgIpc) is 2.53. The van der Waals surface area contributed by atoms with Crippen LogP contribution in [0.15, 0.2) is 48.5 Å². The predicted octanol–water partition coefficient (Wildman–Crippen LogP) is 4.41. The zero-order valence-electron chi connectivity index (χ0n) is 12.8. The Morgan fingerprint density at radius 2 is 1.62 bits per heavy atom. The number of nitrogens with one attached hydrogen (secondary N) is 1. The highest BCUT2D eigenvalue weighted by atomic mass is 32.2. The van der Waals surface area contributed by atoms with Gasteiger partial charge in [0.2, 0.25) is 0 Å². The molecule has 1 aliphatic rings. The fourth-order valence-corrected chi connectivity index (χ4v) is 3.96. The van der Waals surface area contributed by atoms with E-state index in [1.54, 1.807) is 0 Å². The normalized spacial score (nSPS) is 15.3. The molecule has 0 aromatic heterocycles. The minimum atomic E-state index is 0.336.